The molecule has 0 aliphatic heterocycles. The van der Waals surface area contributed by atoms with E-state index in [9.17, 15) is 0 Å². The van der Waals surface area contributed by atoms with Gasteiger partial charge in [-0.1, -0.05) is 17.8 Å². The second-order valence-electron chi connectivity index (χ2n) is 6.06. The molecule has 2 aliphatic rings. The summed E-state index contributed by atoms with van der Waals surface area (Å²) in [6.07, 6.45) is 6.12. The van der Waals surface area contributed by atoms with Crippen LogP contribution in [0.25, 0.3) is 0 Å². The molecular formula is C17H19N3S. The van der Waals surface area contributed by atoms with E-state index in [1.165, 1.54) is 48.1 Å². The molecule has 0 spiro atoms. The van der Waals surface area contributed by atoms with Crippen LogP contribution in [0, 0.1) is 6.92 Å². The SMILES string of the molecule is Cc1c(N)nc(C2CC2)nc1Sc1ccc2c(c1)CCC2. The summed E-state index contributed by atoms with van der Waals surface area (Å²) in [6.45, 7) is 2.02. The maximum atomic E-state index is 6.07. The molecule has 21 heavy (non-hydrogen) atoms. The summed E-state index contributed by atoms with van der Waals surface area (Å²) in [5, 5.41) is 1.02. The third-order valence-corrected chi connectivity index (χ3v) is 5.46. The van der Waals surface area contributed by atoms with Crippen LogP contribution in [0.1, 0.15) is 47.7 Å². The molecule has 0 amide bonds. The normalized spacial score (nSPS) is 17.0. The van der Waals surface area contributed by atoms with E-state index in [4.69, 9.17) is 10.7 Å². The molecule has 2 N–H and O–H groups in total. The van der Waals surface area contributed by atoms with Crippen molar-refractivity contribution in [2.45, 2.75) is 54.9 Å². The minimum absolute atomic E-state index is 0.535. The highest BCUT2D eigenvalue weighted by Gasteiger charge is 2.28. The summed E-state index contributed by atoms with van der Waals surface area (Å²) in [6, 6.07) is 6.80. The Labute approximate surface area is 129 Å². The molecule has 0 bridgehead atoms. The standard InChI is InChI=1S/C17H19N3S/c1-10-15(18)19-16(12-5-6-12)20-17(10)21-14-8-7-11-3-2-4-13(11)9-14/h7-9,12H,2-6H2,1H3,(H2,18,19,20). The lowest BCUT2D eigenvalue weighted by atomic mass is 10.1. The fourth-order valence-electron chi connectivity index (χ4n) is 2.88. The highest BCUT2D eigenvalue weighted by atomic mass is 32.2. The van der Waals surface area contributed by atoms with Gasteiger partial charge >= 0.3 is 0 Å². The lowest BCUT2D eigenvalue weighted by Crippen LogP contribution is -2.03. The van der Waals surface area contributed by atoms with E-state index in [-0.39, 0.29) is 0 Å². The van der Waals surface area contributed by atoms with Crippen molar-refractivity contribution in [2.75, 3.05) is 5.73 Å². The summed E-state index contributed by atoms with van der Waals surface area (Å²) in [7, 11) is 0. The first kappa shape index (κ1) is 13.1. The molecule has 0 unspecified atom stereocenters. The number of aryl methyl sites for hydroxylation is 2. The van der Waals surface area contributed by atoms with Gasteiger partial charge in [-0.05, 0) is 62.3 Å². The van der Waals surface area contributed by atoms with Gasteiger partial charge in [-0.15, -0.1) is 0 Å². The molecule has 0 radical (unpaired) electrons. The van der Waals surface area contributed by atoms with Crippen molar-refractivity contribution in [3.05, 3.63) is 40.7 Å². The zero-order chi connectivity index (χ0) is 14.4. The Morgan fingerprint density at radius 1 is 1.14 bits per heavy atom. The second-order valence-corrected chi connectivity index (χ2v) is 7.12. The van der Waals surface area contributed by atoms with Crippen LogP contribution in [0.5, 0.6) is 0 Å². The highest BCUT2D eigenvalue weighted by Crippen LogP contribution is 2.40. The van der Waals surface area contributed by atoms with E-state index in [1.807, 2.05) is 6.92 Å². The molecule has 4 rings (SSSR count). The lowest BCUT2D eigenvalue weighted by Gasteiger charge is -2.10. The first-order valence-electron chi connectivity index (χ1n) is 7.64. The Morgan fingerprint density at radius 3 is 2.76 bits per heavy atom. The molecule has 0 saturated heterocycles. The summed E-state index contributed by atoms with van der Waals surface area (Å²) in [5.74, 6) is 2.10. The Morgan fingerprint density at radius 2 is 1.95 bits per heavy atom. The van der Waals surface area contributed by atoms with Gasteiger partial charge in [0.25, 0.3) is 0 Å². The Bertz CT molecular complexity index is 707. The van der Waals surface area contributed by atoms with Crippen LogP contribution in [-0.4, -0.2) is 9.97 Å². The molecular weight excluding hydrogens is 278 g/mol. The first-order valence-corrected chi connectivity index (χ1v) is 8.46. The van der Waals surface area contributed by atoms with E-state index in [1.54, 1.807) is 11.8 Å². The van der Waals surface area contributed by atoms with Gasteiger partial charge in [0, 0.05) is 16.4 Å². The van der Waals surface area contributed by atoms with Crippen molar-refractivity contribution in [1.29, 1.82) is 0 Å². The number of anilines is 1. The monoisotopic (exact) mass is 297 g/mol. The smallest absolute Gasteiger partial charge is 0.135 e. The Balaban J connectivity index is 1.67. The van der Waals surface area contributed by atoms with Crippen LogP contribution in [-0.2, 0) is 12.8 Å². The molecule has 4 heteroatoms. The van der Waals surface area contributed by atoms with E-state index < -0.39 is 0 Å². The van der Waals surface area contributed by atoms with Crippen molar-refractivity contribution >= 4 is 17.6 Å². The van der Waals surface area contributed by atoms with Gasteiger partial charge in [0.2, 0.25) is 0 Å². The Kier molecular flexibility index (Phi) is 3.14. The zero-order valence-corrected chi connectivity index (χ0v) is 13.0. The lowest BCUT2D eigenvalue weighted by molar-refractivity contribution is 0.868. The number of rotatable bonds is 3. The van der Waals surface area contributed by atoms with Gasteiger partial charge in [0.05, 0.1) is 0 Å². The summed E-state index contributed by atoms with van der Waals surface area (Å²) >= 11 is 1.72. The molecule has 1 aromatic heterocycles. The third kappa shape index (κ3) is 2.53. The van der Waals surface area contributed by atoms with Gasteiger partial charge < -0.3 is 5.73 Å². The van der Waals surface area contributed by atoms with Crippen LogP contribution < -0.4 is 5.73 Å². The molecule has 1 aromatic carbocycles. The maximum Gasteiger partial charge on any atom is 0.135 e. The predicted octanol–water partition coefficient (Wildman–Crippen LogP) is 3.88. The number of hydrogen-bond donors (Lipinski definition) is 1. The highest BCUT2D eigenvalue weighted by molar-refractivity contribution is 7.99. The van der Waals surface area contributed by atoms with Crippen molar-refractivity contribution < 1.29 is 0 Å². The molecule has 3 nitrogen and oxygen atoms in total. The van der Waals surface area contributed by atoms with Crippen molar-refractivity contribution in [3.63, 3.8) is 0 Å². The van der Waals surface area contributed by atoms with Gasteiger partial charge in [0.15, 0.2) is 0 Å². The zero-order valence-electron chi connectivity index (χ0n) is 12.2. The molecule has 2 aliphatic carbocycles. The molecule has 1 fully saturated rings. The molecule has 108 valence electrons. The minimum atomic E-state index is 0.535. The summed E-state index contributed by atoms with van der Waals surface area (Å²) in [4.78, 5) is 10.5. The van der Waals surface area contributed by atoms with Gasteiger partial charge in [-0.2, -0.15) is 0 Å². The average Bonchev–Trinajstić information content (AvgIpc) is 3.22. The van der Waals surface area contributed by atoms with Crippen LogP contribution in [0.4, 0.5) is 5.82 Å². The van der Waals surface area contributed by atoms with Crippen molar-refractivity contribution in [2.24, 2.45) is 0 Å². The fourth-order valence-corrected chi connectivity index (χ4v) is 3.83. The summed E-state index contributed by atoms with van der Waals surface area (Å²) < 4.78 is 0. The number of fused-ring (bicyclic) bond motifs is 1. The molecule has 2 aromatic rings. The fraction of sp³-hybridized carbons (Fsp3) is 0.412. The quantitative estimate of drug-likeness (QED) is 0.873. The average molecular weight is 297 g/mol. The van der Waals surface area contributed by atoms with Crippen LogP contribution in [0.3, 0.4) is 0 Å². The largest absolute Gasteiger partial charge is 0.383 e. The third-order valence-electron chi connectivity index (χ3n) is 4.38. The van der Waals surface area contributed by atoms with Crippen molar-refractivity contribution in [1.82, 2.24) is 9.97 Å². The summed E-state index contributed by atoms with van der Waals surface area (Å²) in [5.41, 5.74) is 10.1. The first-order chi connectivity index (χ1) is 10.2. The van der Waals surface area contributed by atoms with Crippen LogP contribution in [0.2, 0.25) is 0 Å². The van der Waals surface area contributed by atoms with Crippen LogP contribution in [0.15, 0.2) is 28.1 Å². The maximum absolute atomic E-state index is 6.07. The van der Waals surface area contributed by atoms with Gasteiger partial charge in [-0.25, -0.2) is 9.97 Å². The van der Waals surface area contributed by atoms with E-state index in [0.29, 0.717) is 11.7 Å². The molecule has 0 atom stereocenters. The van der Waals surface area contributed by atoms with Gasteiger partial charge in [0.1, 0.15) is 16.7 Å². The topological polar surface area (TPSA) is 51.8 Å². The number of aromatic nitrogens is 2. The molecule has 1 saturated carbocycles. The van der Waals surface area contributed by atoms with E-state index in [0.717, 1.165) is 16.4 Å². The minimum Gasteiger partial charge on any atom is -0.383 e. The number of hydrogen-bond acceptors (Lipinski definition) is 4. The Hall–Kier alpha value is -1.55. The van der Waals surface area contributed by atoms with E-state index >= 15 is 0 Å². The second kappa shape index (κ2) is 5.02. The van der Waals surface area contributed by atoms with E-state index in [2.05, 4.69) is 23.2 Å². The van der Waals surface area contributed by atoms with Crippen molar-refractivity contribution in [3.8, 4) is 0 Å². The van der Waals surface area contributed by atoms with Gasteiger partial charge in [-0.3, -0.25) is 0 Å². The number of nitrogens with zero attached hydrogens (tertiary/aromatic N) is 2. The molecule has 1 heterocycles. The predicted molar refractivity (Wildman–Crippen MR) is 85.7 cm³/mol. The number of nitrogens with two attached hydrogens (primary N) is 1. The number of benzene rings is 1. The number of nitrogen functional groups attached to an aromatic ring is 1. The van der Waals surface area contributed by atoms with Crippen LogP contribution >= 0.6 is 11.8 Å².